The van der Waals surface area contributed by atoms with Crippen LogP contribution in [0.25, 0.3) is 11.0 Å². The Morgan fingerprint density at radius 3 is 3.11 bits per heavy atom. The van der Waals surface area contributed by atoms with E-state index in [9.17, 15) is 4.79 Å². The maximum Gasteiger partial charge on any atom is 0.222 e. The van der Waals surface area contributed by atoms with Gasteiger partial charge in [-0.3, -0.25) is 4.79 Å². The van der Waals surface area contributed by atoms with Gasteiger partial charge in [0.05, 0.1) is 0 Å². The molecule has 1 saturated heterocycles. The summed E-state index contributed by atoms with van der Waals surface area (Å²) in [5, 5.41) is 5.34. The number of piperidine rings is 1. The van der Waals surface area contributed by atoms with Crippen molar-refractivity contribution in [1.82, 2.24) is 14.9 Å². The van der Waals surface area contributed by atoms with Crippen LogP contribution in [0, 0.1) is 5.92 Å². The van der Waals surface area contributed by atoms with Crippen LogP contribution in [0.4, 0.5) is 5.69 Å². The topological polar surface area (TPSA) is 52.2 Å². The lowest BCUT2D eigenvalue weighted by Crippen LogP contribution is -2.52. The maximum atomic E-state index is 12.8. The van der Waals surface area contributed by atoms with Gasteiger partial charge in [0.1, 0.15) is 5.65 Å². The van der Waals surface area contributed by atoms with E-state index in [1.807, 2.05) is 12.4 Å². The second-order valence-electron chi connectivity index (χ2n) is 7.49. The van der Waals surface area contributed by atoms with Gasteiger partial charge in [-0.25, -0.2) is 4.98 Å². The van der Waals surface area contributed by atoms with Gasteiger partial charge in [-0.05, 0) is 53.3 Å². The van der Waals surface area contributed by atoms with Crippen molar-refractivity contribution in [2.24, 2.45) is 5.92 Å². The molecular formula is C21H26N4OS. The smallest absolute Gasteiger partial charge is 0.222 e. The van der Waals surface area contributed by atoms with Gasteiger partial charge in [0, 0.05) is 56.1 Å². The number of nitrogens with zero attached hydrogens (tertiary/aromatic N) is 3. The Kier molecular flexibility index (Phi) is 5.16. The molecule has 142 valence electrons. The number of pyridine rings is 1. The summed E-state index contributed by atoms with van der Waals surface area (Å²) in [6, 6.07) is 6.56. The second-order valence-corrected chi connectivity index (χ2v) is 8.27. The molecule has 3 aromatic rings. The molecule has 0 aromatic carbocycles. The lowest BCUT2D eigenvalue weighted by Gasteiger charge is -2.42. The minimum absolute atomic E-state index is 0.271. The minimum atomic E-state index is 0.271. The fraction of sp³-hybridized carbons (Fsp3) is 0.429. The van der Waals surface area contributed by atoms with Crippen molar-refractivity contribution in [3.8, 4) is 0 Å². The molecule has 0 bridgehead atoms. The number of aryl methyl sites for hydroxylation is 1. The van der Waals surface area contributed by atoms with E-state index >= 15 is 0 Å². The number of aromatic amines is 1. The van der Waals surface area contributed by atoms with E-state index in [1.165, 1.54) is 11.3 Å². The predicted octanol–water partition coefficient (Wildman–Crippen LogP) is 3.93. The monoisotopic (exact) mass is 382 g/mol. The normalized spacial score (nSPS) is 20.1. The number of likely N-dealkylation sites (N-methyl/N-ethyl adjacent to an activating group) is 1. The Labute approximate surface area is 164 Å². The van der Waals surface area contributed by atoms with E-state index in [-0.39, 0.29) is 5.91 Å². The van der Waals surface area contributed by atoms with Gasteiger partial charge in [0.2, 0.25) is 5.91 Å². The van der Waals surface area contributed by atoms with E-state index in [0.717, 1.165) is 37.0 Å². The number of thiophene rings is 1. The summed E-state index contributed by atoms with van der Waals surface area (Å²) in [5.74, 6) is 0.811. The number of anilines is 1. The fourth-order valence-corrected chi connectivity index (χ4v) is 4.76. The highest BCUT2D eigenvalue weighted by Gasteiger charge is 2.32. The van der Waals surface area contributed by atoms with E-state index in [4.69, 9.17) is 0 Å². The molecular weight excluding hydrogens is 356 g/mol. The first-order valence-electron chi connectivity index (χ1n) is 9.57. The highest BCUT2D eigenvalue weighted by atomic mass is 32.1. The summed E-state index contributed by atoms with van der Waals surface area (Å²) in [7, 11) is 2.14. The van der Waals surface area contributed by atoms with Crippen molar-refractivity contribution in [3.05, 3.63) is 46.9 Å². The molecule has 1 amide bonds. The molecule has 4 heterocycles. The van der Waals surface area contributed by atoms with Gasteiger partial charge >= 0.3 is 0 Å². The lowest BCUT2D eigenvalue weighted by molar-refractivity contribution is -0.132. The Morgan fingerprint density at radius 1 is 1.41 bits per heavy atom. The molecule has 1 aliphatic heterocycles. The van der Waals surface area contributed by atoms with Crippen LogP contribution in [0.3, 0.4) is 0 Å². The van der Waals surface area contributed by atoms with Crippen LogP contribution >= 0.6 is 11.3 Å². The summed E-state index contributed by atoms with van der Waals surface area (Å²) < 4.78 is 0. The molecule has 27 heavy (non-hydrogen) atoms. The van der Waals surface area contributed by atoms with Crippen LogP contribution in [0.5, 0.6) is 0 Å². The molecule has 5 nitrogen and oxygen atoms in total. The molecule has 6 heteroatoms. The molecule has 1 aliphatic rings. The third-order valence-electron chi connectivity index (χ3n) is 5.79. The molecule has 0 spiro atoms. The molecule has 3 aromatic heterocycles. The number of H-pyrrole nitrogens is 1. The number of carbonyl (C=O) groups is 1. The Morgan fingerprint density at radius 2 is 2.30 bits per heavy atom. The van der Waals surface area contributed by atoms with Crippen molar-refractivity contribution in [2.45, 2.75) is 32.2 Å². The zero-order chi connectivity index (χ0) is 18.8. The number of aromatic nitrogens is 2. The van der Waals surface area contributed by atoms with Crippen molar-refractivity contribution < 1.29 is 4.79 Å². The van der Waals surface area contributed by atoms with E-state index in [0.29, 0.717) is 18.4 Å². The summed E-state index contributed by atoms with van der Waals surface area (Å²) in [5.41, 5.74) is 3.34. The Hall–Kier alpha value is -2.34. The summed E-state index contributed by atoms with van der Waals surface area (Å²) in [4.78, 5) is 24.7. The van der Waals surface area contributed by atoms with Gasteiger partial charge in [0.25, 0.3) is 0 Å². The SMILES string of the molecule is C[C@@H]1CCN(C(=O)CCc2ccsc2)CC1N(C)c1ccnc2[nH]ccc12. The third kappa shape index (κ3) is 3.72. The van der Waals surface area contributed by atoms with Gasteiger partial charge in [-0.2, -0.15) is 11.3 Å². The molecule has 0 radical (unpaired) electrons. The van der Waals surface area contributed by atoms with Gasteiger partial charge in [-0.15, -0.1) is 0 Å². The van der Waals surface area contributed by atoms with Gasteiger partial charge in [0.15, 0.2) is 0 Å². The number of amides is 1. The standard InChI is InChI=1S/C21H26N4OS/c1-15-7-11-25(20(26)4-3-16-8-12-27-14-16)13-19(15)24(2)18-6-10-23-21-17(18)5-9-22-21/h5-6,8-10,12,14-15,19H,3-4,7,11,13H2,1-2H3,(H,22,23)/t15-,19?/m1/s1. The summed E-state index contributed by atoms with van der Waals surface area (Å²) in [6.45, 7) is 3.95. The van der Waals surface area contributed by atoms with Gasteiger partial charge in [-0.1, -0.05) is 6.92 Å². The number of hydrogen-bond acceptors (Lipinski definition) is 4. The van der Waals surface area contributed by atoms with Crippen molar-refractivity contribution in [3.63, 3.8) is 0 Å². The Balaban J connectivity index is 1.47. The highest BCUT2D eigenvalue weighted by molar-refractivity contribution is 7.07. The number of fused-ring (bicyclic) bond motifs is 1. The van der Waals surface area contributed by atoms with Crippen molar-refractivity contribution in [1.29, 1.82) is 0 Å². The van der Waals surface area contributed by atoms with E-state index < -0.39 is 0 Å². The summed E-state index contributed by atoms with van der Waals surface area (Å²) >= 11 is 1.69. The average Bonchev–Trinajstić information content (AvgIpc) is 3.37. The van der Waals surface area contributed by atoms with E-state index in [1.54, 1.807) is 11.3 Å². The lowest BCUT2D eigenvalue weighted by atomic mass is 9.91. The van der Waals surface area contributed by atoms with Crippen LogP contribution < -0.4 is 4.90 Å². The molecule has 1 unspecified atom stereocenters. The van der Waals surface area contributed by atoms with E-state index in [2.05, 4.69) is 62.7 Å². The molecule has 0 saturated carbocycles. The highest BCUT2D eigenvalue weighted by Crippen LogP contribution is 2.30. The van der Waals surface area contributed by atoms with Crippen LogP contribution in [0.1, 0.15) is 25.3 Å². The van der Waals surface area contributed by atoms with Crippen LogP contribution in [-0.4, -0.2) is 47.0 Å². The first kappa shape index (κ1) is 18.0. The quantitative estimate of drug-likeness (QED) is 0.727. The fourth-order valence-electron chi connectivity index (χ4n) is 4.06. The predicted molar refractivity (Wildman–Crippen MR) is 111 cm³/mol. The zero-order valence-corrected chi connectivity index (χ0v) is 16.7. The molecule has 4 rings (SSSR count). The first-order valence-corrected chi connectivity index (χ1v) is 10.5. The Bertz CT molecular complexity index is 904. The second kappa shape index (κ2) is 7.72. The third-order valence-corrected chi connectivity index (χ3v) is 6.53. The summed E-state index contributed by atoms with van der Waals surface area (Å²) in [6.07, 6.45) is 6.25. The first-order chi connectivity index (χ1) is 13.1. The van der Waals surface area contributed by atoms with Crippen LogP contribution in [0.2, 0.25) is 0 Å². The van der Waals surface area contributed by atoms with Crippen molar-refractivity contribution >= 4 is 34.0 Å². The minimum Gasteiger partial charge on any atom is -0.369 e. The average molecular weight is 383 g/mol. The number of carbonyl (C=O) groups excluding carboxylic acids is 1. The maximum absolute atomic E-state index is 12.8. The van der Waals surface area contributed by atoms with Crippen molar-refractivity contribution in [2.75, 3.05) is 25.0 Å². The van der Waals surface area contributed by atoms with Crippen LogP contribution in [0.15, 0.2) is 41.4 Å². The molecule has 1 N–H and O–H groups in total. The van der Waals surface area contributed by atoms with Crippen LogP contribution in [-0.2, 0) is 11.2 Å². The largest absolute Gasteiger partial charge is 0.369 e. The number of hydrogen-bond donors (Lipinski definition) is 1. The zero-order valence-electron chi connectivity index (χ0n) is 15.9. The number of likely N-dealkylation sites (tertiary alicyclic amines) is 1. The molecule has 2 atom stereocenters. The molecule has 1 fully saturated rings. The van der Waals surface area contributed by atoms with Gasteiger partial charge < -0.3 is 14.8 Å². The number of rotatable bonds is 5. The number of nitrogens with one attached hydrogen (secondary N) is 1. The molecule has 0 aliphatic carbocycles.